The van der Waals surface area contributed by atoms with Gasteiger partial charge in [0.15, 0.2) is 0 Å². The lowest BCUT2D eigenvalue weighted by Crippen LogP contribution is -1.97. The van der Waals surface area contributed by atoms with Crippen molar-refractivity contribution in [2.75, 3.05) is 0 Å². The zero-order chi connectivity index (χ0) is 13.9. The normalized spacial score (nSPS) is 13.1. The molecule has 0 saturated carbocycles. The standard InChI is InChI=1S/C20H16/c1-3-17-9-7-16-6-5-15-8-10-19(18(4-2)13-15)11-12-20(17)14-16/h1-2,7-10,13-14H,5-6,11-12H2. The van der Waals surface area contributed by atoms with Gasteiger partial charge in [-0.3, -0.25) is 0 Å². The summed E-state index contributed by atoms with van der Waals surface area (Å²) in [6, 6.07) is 13.0. The summed E-state index contributed by atoms with van der Waals surface area (Å²) in [5.41, 5.74) is 7.20. The van der Waals surface area contributed by atoms with E-state index in [0.29, 0.717) is 0 Å². The van der Waals surface area contributed by atoms with Gasteiger partial charge in [0.1, 0.15) is 0 Å². The zero-order valence-corrected chi connectivity index (χ0v) is 11.4. The summed E-state index contributed by atoms with van der Waals surface area (Å²) in [7, 11) is 0. The van der Waals surface area contributed by atoms with Gasteiger partial charge < -0.3 is 0 Å². The molecule has 0 spiro atoms. The maximum absolute atomic E-state index is 5.64. The molecule has 0 aromatic heterocycles. The van der Waals surface area contributed by atoms with Crippen molar-refractivity contribution in [2.45, 2.75) is 25.7 Å². The Labute approximate surface area is 120 Å². The molecule has 2 aliphatic rings. The molecule has 20 heavy (non-hydrogen) atoms. The lowest BCUT2D eigenvalue weighted by Gasteiger charge is -2.08. The van der Waals surface area contributed by atoms with Crippen LogP contribution in [-0.4, -0.2) is 0 Å². The summed E-state index contributed by atoms with van der Waals surface area (Å²) in [5, 5.41) is 0. The van der Waals surface area contributed by atoms with E-state index in [2.05, 4.69) is 48.2 Å². The topological polar surface area (TPSA) is 0 Å². The van der Waals surface area contributed by atoms with Crippen LogP contribution in [0.5, 0.6) is 0 Å². The van der Waals surface area contributed by atoms with Gasteiger partial charge in [-0.2, -0.15) is 0 Å². The van der Waals surface area contributed by atoms with E-state index in [9.17, 15) is 0 Å². The molecular weight excluding hydrogens is 240 g/mol. The Morgan fingerprint density at radius 2 is 1.30 bits per heavy atom. The van der Waals surface area contributed by atoms with E-state index in [1.165, 1.54) is 22.3 Å². The number of hydrogen-bond acceptors (Lipinski definition) is 0. The van der Waals surface area contributed by atoms with Gasteiger partial charge in [-0.15, -0.1) is 12.8 Å². The van der Waals surface area contributed by atoms with Crippen LogP contribution in [0.25, 0.3) is 0 Å². The summed E-state index contributed by atoms with van der Waals surface area (Å²) >= 11 is 0. The monoisotopic (exact) mass is 256 g/mol. The molecule has 0 amide bonds. The molecule has 2 aromatic rings. The molecule has 0 unspecified atom stereocenters. The van der Waals surface area contributed by atoms with Crippen molar-refractivity contribution in [1.29, 1.82) is 0 Å². The van der Waals surface area contributed by atoms with Gasteiger partial charge in [-0.25, -0.2) is 0 Å². The van der Waals surface area contributed by atoms with E-state index in [4.69, 9.17) is 12.8 Å². The second-order valence-corrected chi connectivity index (χ2v) is 5.27. The second kappa shape index (κ2) is 5.28. The molecule has 0 heterocycles. The van der Waals surface area contributed by atoms with Crippen molar-refractivity contribution in [3.8, 4) is 24.7 Å². The van der Waals surface area contributed by atoms with Crippen molar-refractivity contribution in [3.63, 3.8) is 0 Å². The van der Waals surface area contributed by atoms with Crippen LogP contribution < -0.4 is 0 Å². The zero-order valence-electron chi connectivity index (χ0n) is 11.4. The molecule has 0 aliphatic heterocycles. The van der Waals surface area contributed by atoms with Crippen molar-refractivity contribution in [2.24, 2.45) is 0 Å². The Bertz CT molecular complexity index is 736. The molecule has 0 atom stereocenters. The minimum Gasteiger partial charge on any atom is -0.115 e. The summed E-state index contributed by atoms with van der Waals surface area (Å²) in [6.07, 6.45) is 15.2. The third-order valence-electron chi connectivity index (χ3n) is 4.02. The van der Waals surface area contributed by atoms with Crippen LogP contribution in [0.4, 0.5) is 0 Å². The van der Waals surface area contributed by atoms with E-state index in [1.807, 2.05) is 0 Å². The predicted octanol–water partition coefficient (Wildman–Crippen LogP) is 3.53. The fourth-order valence-corrected chi connectivity index (χ4v) is 2.84. The van der Waals surface area contributed by atoms with Crippen LogP contribution in [0, 0.1) is 24.7 Å². The predicted molar refractivity (Wildman–Crippen MR) is 83.6 cm³/mol. The average Bonchev–Trinajstić information content (AvgIpc) is 2.54. The number of rotatable bonds is 0. The van der Waals surface area contributed by atoms with Crippen molar-refractivity contribution in [3.05, 3.63) is 69.8 Å². The molecule has 0 fully saturated rings. The Kier molecular flexibility index (Phi) is 3.32. The Morgan fingerprint density at radius 1 is 0.650 bits per heavy atom. The highest BCUT2D eigenvalue weighted by molar-refractivity contribution is 5.46. The molecule has 2 aromatic carbocycles. The third-order valence-corrected chi connectivity index (χ3v) is 4.02. The first-order valence-corrected chi connectivity index (χ1v) is 6.97. The van der Waals surface area contributed by atoms with Gasteiger partial charge in [0.2, 0.25) is 0 Å². The lowest BCUT2D eigenvalue weighted by molar-refractivity contribution is 0.945. The molecular formula is C20H16. The Hall–Kier alpha value is -2.44. The van der Waals surface area contributed by atoms with Crippen molar-refractivity contribution < 1.29 is 0 Å². The maximum Gasteiger partial charge on any atom is 0.0277 e. The number of fused-ring (bicyclic) bond motifs is 4. The fourth-order valence-electron chi connectivity index (χ4n) is 2.84. The van der Waals surface area contributed by atoms with Crippen LogP contribution in [0.2, 0.25) is 0 Å². The highest BCUT2D eigenvalue weighted by atomic mass is 14.1. The molecule has 0 heteroatoms. The summed E-state index contributed by atoms with van der Waals surface area (Å²) in [6.45, 7) is 0. The van der Waals surface area contributed by atoms with Gasteiger partial charge in [0.05, 0.1) is 0 Å². The van der Waals surface area contributed by atoms with Crippen molar-refractivity contribution in [1.82, 2.24) is 0 Å². The van der Waals surface area contributed by atoms with E-state index in [1.54, 1.807) is 0 Å². The SMILES string of the molecule is C#Cc1cc2ccc1CCc1cc(ccc1C#C)CC2. The first-order chi connectivity index (χ1) is 9.80. The van der Waals surface area contributed by atoms with Gasteiger partial charge in [-0.1, -0.05) is 36.1 Å². The van der Waals surface area contributed by atoms with Gasteiger partial charge >= 0.3 is 0 Å². The van der Waals surface area contributed by atoms with Crippen molar-refractivity contribution >= 4 is 0 Å². The first-order valence-electron chi connectivity index (χ1n) is 6.97. The summed E-state index contributed by atoms with van der Waals surface area (Å²) < 4.78 is 0. The van der Waals surface area contributed by atoms with Gasteiger partial charge in [-0.05, 0) is 60.1 Å². The molecule has 0 nitrogen and oxygen atoms in total. The van der Waals surface area contributed by atoms with Crippen LogP contribution in [-0.2, 0) is 25.7 Å². The molecule has 0 radical (unpaired) electrons. The molecule has 2 aliphatic carbocycles. The average molecular weight is 256 g/mol. The molecule has 96 valence electrons. The number of terminal acetylenes is 2. The summed E-state index contributed by atoms with van der Waals surface area (Å²) in [5.74, 6) is 5.61. The molecule has 4 bridgehead atoms. The van der Waals surface area contributed by atoms with Crippen LogP contribution in [0.1, 0.15) is 33.4 Å². The minimum atomic E-state index is 0.942. The van der Waals surface area contributed by atoms with Gasteiger partial charge in [0.25, 0.3) is 0 Å². The molecule has 0 saturated heterocycles. The number of benzene rings is 2. The van der Waals surface area contributed by atoms with Gasteiger partial charge in [0, 0.05) is 11.1 Å². The van der Waals surface area contributed by atoms with Crippen LogP contribution in [0.15, 0.2) is 36.4 Å². The van der Waals surface area contributed by atoms with Crippen LogP contribution >= 0.6 is 0 Å². The van der Waals surface area contributed by atoms with Crippen LogP contribution in [0.3, 0.4) is 0 Å². The van der Waals surface area contributed by atoms with E-state index in [0.717, 1.165) is 36.8 Å². The summed E-state index contributed by atoms with van der Waals surface area (Å²) in [4.78, 5) is 0. The molecule has 0 N–H and O–H groups in total. The van der Waals surface area contributed by atoms with E-state index in [-0.39, 0.29) is 0 Å². The Morgan fingerprint density at radius 3 is 2.05 bits per heavy atom. The largest absolute Gasteiger partial charge is 0.115 e. The smallest absolute Gasteiger partial charge is 0.0277 e. The number of hydrogen-bond donors (Lipinski definition) is 0. The maximum atomic E-state index is 5.64. The number of aryl methyl sites for hydroxylation is 4. The highest BCUT2D eigenvalue weighted by Crippen LogP contribution is 2.21. The Balaban J connectivity index is 2.08. The third kappa shape index (κ3) is 2.34. The minimum absolute atomic E-state index is 0.942. The van der Waals surface area contributed by atoms with E-state index < -0.39 is 0 Å². The van der Waals surface area contributed by atoms with E-state index >= 15 is 0 Å². The lowest BCUT2D eigenvalue weighted by atomic mass is 9.96. The molecule has 4 rings (SSSR count). The fraction of sp³-hybridized carbons (Fsp3) is 0.200. The second-order valence-electron chi connectivity index (χ2n) is 5.27. The highest BCUT2D eigenvalue weighted by Gasteiger charge is 2.09. The quantitative estimate of drug-likeness (QED) is 0.633. The first kappa shape index (κ1) is 12.6.